The molecular formula is C11H18O2. The number of carbonyl (C=O) groups excluding carboxylic acids is 1. The third kappa shape index (κ3) is 4.11. The third-order valence-corrected chi connectivity index (χ3v) is 2.32. The summed E-state index contributed by atoms with van der Waals surface area (Å²) in [5.41, 5.74) is 0. The number of ether oxygens (including phenoxy) is 1. The minimum Gasteiger partial charge on any atom is -0.434 e. The standard InChI is InChI=1S/C6H12.C5H6O2/c1-2-3-6-4-5-6;1-4-2-3-7-5(4)6/h6H,2-5H2,1H3;2-4H,1H3. The molecule has 0 bridgehead atoms. The Hall–Kier alpha value is -0.790. The first-order valence-electron chi connectivity index (χ1n) is 5.11. The Balaban J connectivity index is 0.000000132. The fourth-order valence-electron chi connectivity index (χ4n) is 1.22. The molecule has 0 aromatic carbocycles. The van der Waals surface area contributed by atoms with Crippen molar-refractivity contribution in [1.82, 2.24) is 0 Å². The van der Waals surface area contributed by atoms with E-state index in [4.69, 9.17) is 0 Å². The lowest BCUT2D eigenvalue weighted by atomic mass is 10.2. The van der Waals surface area contributed by atoms with Gasteiger partial charge in [-0.2, -0.15) is 0 Å². The number of cyclic esters (lactones) is 1. The van der Waals surface area contributed by atoms with Crippen LogP contribution in [0.1, 0.15) is 39.5 Å². The quantitative estimate of drug-likeness (QED) is 0.614. The van der Waals surface area contributed by atoms with Crippen LogP contribution in [0.25, 0.3) is 0 Å². The molecule has 0 aromatic rings. The van der Waals surface area contributed by atoms with Gasteiger partial charge in [0.15, 0.2) is 0 Å². The minimum absolute atomic E-state index is 0.0278. The van der Waals surface area contributed by atoms with Crippen molar-refractivity contribution < 1.29 is 9.53 Å². The first-order chi connectivity index (χ1) is 6.24. The van der Waals surface area contributed by atoms with Crippen molar-refractivity contribution in [3.05, 3.63) is 12.3 Å². The summed E-state index contributed by atoms with van der Waals surface area (Å²) in [5, 5.41) is 0. The smallest absolute Gasteiger partial charge is 0.317 e. The molecule has 1 fully saturated rings. The molecule has 13 heavy (non-hydrogen) atoms. The van der Waals surface area contributed by atoms with Gasteiger partial charge in [-0.15, -0.1) is 0 Å². The molecule has 1 aliphatic carbocycles. The van der Waals surface area contributed by atoms with Crippen LogP contribution in [0.5, 0.6) is 0 Å². The summed E-state index contributed by atoms with van der Waals surface area (Å²) in [5.74, 6) is 0.968. The maximum atomic E-state index is 10.3. The zero-order valence-corrected chi connectivity index (χ0v) is 8.45. The van der Waals surface area contributed by atoms with Gasteiger partial charge in [-0.1, -0.05) is 32.6 Å². The summed E-state index contributed by atoms with van der Waals surface area (Å²) >= 11 is 0. The Morgan fingerprint density at radius 2 is 2.23 bits per heavy atom. The maximum Gasteiger partial charge on any atom is 0.317 e. The van der Waals surface area contributed by atoms with Gasteiger partial charge in [-0.25, -0.2) is 0 Å². The molecule has 0 spiro atoms. The molecule has 2 aliphatic rings. The lowest BCUT2D eigenvalue weighted by molar-refractivity contribution is -0.138. The lowest BCUT2D eigenvalue weighted by Crippen LogP contribution is -2.01. The van der Waals surface area contributed by atoms with Crippen molar-refractivity contribution >= 4 is 5.97 Å². The van der Waals surface area contributed by atoms with Gasteiger partial charge in [0.05, 0.1) is 12.2 Å². The molecule has 1 aliphatic heterocycles. The highest BCUT2D eigenvalue weighted by atomic mass is 16.5. The highest BCUT2D eigenvalue weighted by Gasteiger charge is 2.18. The number of hydrogen-bond acceptors (Lipinski definition) is 2. The van der Waals surface area contributed by atoms with Crippen molar-refractivity contribution in [3.8, 4) is 0 Å². The highest BCUT2D eigenvalue weighted by Crippen LogP contribution is 2.32. The van der Waals surface area contributed by atoms with Crippen molar-refractivity contribution in [1.29, 1.82) is 0 Å². The van der Waals surface area contributed by atoms with Crippen LogP contribution in [-0.4, -0.2) is 5.97 Å². The second kappa shape index (κ2) is 5.05. The van der Waals surface area contributed by atoms with Gasteiger partial charge in [0.25, 0.3) is 0 Å². The summed E-state index contributed by atoms with van der Waals surface area (Å²) < 4.78 is 4.45. The summed E-state index contributed by atoms with van der Waals surface area (Å²) in [7, 11) is 0. The van der Waals surface area contributed by atoms with Crippen LogP contribution in [-0.2, 0) is 9.53 Å². The SMILES string of the molecule is CC1C=COC1=O.CCCC1CC1. The summed E-state index contributed by atoms with van der Waals surface area (Å²) in [4.78, 5) is 10.3. The molecular weight excluding hydrogens is 164 g/mol. The summed E-state index contributed by atoms with van der Waals surface area (Å²) in [6, 6.07) is 0. The Morgan fingerprint density at radius 3 is 2.38 bits per heavy atom. The fraction of sp³-hybridized carbons (Fsp3) is 0.727. The van der Waals surface area contributed by atoms with Gasteiger partial charge in [0, 0.05) is 0 Å². The minimum atomic E-state index is -0.153. The van der Waals surface area contributed by atoms with E-state index in [0.29, 0.717) is 0 Å². The molecule has 1 unspecified atom stereocenters. The van der Waals surface area contributed by atoms with Crippen LogP contribution in [0.3, 0.4) is 0 Å². The number of rotatable bonds is 2. The van der Waals surface area contributed by atoms with Crippen LogP contribution >= 0.6 is 0 Å². The molecule has 0 N–H and O–H groups in total. The number of esters is 1. The van der Waals surface area contributed by atoms with Crippen molar-refractivity contribution in [2.24, 2.45) is 11.8 Å². The van der Waals surface area contributed by atoms with Crippen LogP contribution in [0.4, 0.5) is 0 Å². The molecule has 2 heteroatoms. The Labute approximate surface area is 80.0 Å². The molecule has 0 radical (unpaired) electrons. The molecule has 2 rings (SSSR count). The predicted molar refractivity (Wildman–Crippen MR) is 52.0 cm³/mol. The summed E-state index contributed by atoms with van der Waals surface area (Å²) in [6.07, 6.45) is 9.07. The molecule has 0 amide bonds. The average molecular weight is 182 g/mol. The molecule has 1 heterocycles. The number of hydrogen-bond donors (Lipinski definition) is 0. The normalized spacial score (nSPS) is 25.1. The topological polar surface area (TPSA) is 26.3 Å². The van der Waals surface area contributed by atoms with Gasteiger partial charge in [-0.05, 0) is 18.9 Å². The van der Waals surface area contributed by atoms with Crippen molar-refractivity contribution in [2.75, 3.05) is 0 Å². The van der Waals surface area contributed by atoms with E-state index in [-0.39, 0.29) is 11.9 Å². The van der Waals surface area contributed by atoms with E-state index in [2.05, 4.69) is 11.7 Å². The van der Waals surface area contributed by atoms with E-state index in [1.807, 2.05) is 0 Å². The molecule has 1 atom stereocenters. The molecule has 0 aromatic heterocycles. The predicted octanol–water partition coefficient (Wildman–Crippen LogP) is 2.89. The Morgan fingerprint density at radius 1 is 1.54 bits per heavy atom. The van der Waals surface area contributed by atoms with Gasteiger partial charge >= 0.3 is 5.97 Å². The Kier molecular flexibility index (Phi) is 4.00. The van der Waals surface area contributed by atoms with Crippen LogP contribution in [0.15, 0.2) is 12.3 Å². The van der Waals surface area contributed by atoms with Crippen molar-refractivity contribution in [2.45, 2.75) is 39.5 Å². The largest absolute Gasteiger partial charge is 0.434 e. The first-order valence-corrected chi connectivity index (χ1v) is 5.11. The second-order valence-corrected chi connectivity index (χ2v) is 3.79. The average Bonchev–Trinajstić information content (AvgIpc) is 2.83. The molecule has 1 saturated carbocycles. The van der Waals surface area contributed by atoms with Gasteiger partial charge < -0.3 is 4.74 Å². The van der Waals surface area contributed by atoms with Crippen molar-refractivity contribution in [3.63, 3.8) is 0 Å². The maximum absolute atomic E-state index is 10.3. The second-order valence-electron chi connectivity index (χ2n) is 3.79. The number of carbonyl (C=O) groups is 1. The van der Waals surface area contributed by atoms with E-state index in [9.17, 15) is 4.79 Å². The van der Waals surface area contributed by atoms with Gasteiger partial charge in [-0.3, -0.25) is 4.79 Å². The van der Waals surface area contributed by atoms with E-state index < -0.39 is 0 Å². The van der Waals surface area contributed by atoms with Crippen LogP contribution in [0.2, 0.25) is 0 Å². The zero-order valence-electron chi connectivity index (χ0n) is 8.45. The van der Waals surface area contributed by atoms with E-state index in [1.54, 1.807) is 13.0 Å². The van der Waals surface area contributed by atoms with Crippen LogP contribution in [0, 0.1) is 11.8 Å². The first kappa shape index (κ1) is 10.3. The molecule has 2 nitrogen and oxygen atoms in total. The van der Waals surface area contributed by atoms with E-state index >= 15 is 0 Å². The zero-order chi connectivity index (χ0) is 9.68. The fourth-order valence-corrected chi connectivity index (χ4v) is 1.22. The molecule has 0 saturated heterocycles. The summed E-state index contributed by atoms with van der Waals surface area (Å²) in [6.45, 7) is 4.06. The van der Waals surface area contributed by atoms with Gasteiger partial charge in [0.2, 0.25) is 0 Å². The van der Waals surface area contributed by atoms with Crippen LogP contribution < -0.4 is 0 Å². The monoisotopic (exact) mass is 182 g/mol. The highest BCUT2D eigenvalue weighted by molar-refractivity contribution is 5.76. The molecule has 74 valence electrons. The Bertz CT molecular complexity index is 192. The lowest BCUT2D eigenvalue weighted by Gasteiger charge is -1.89. The van der Waals surface area contributed by atoms with E-state index in [0.717, 1.165) is 5.92 Å². The third-order valence-electron chi connectivity index (χ3n) is 2.32. The van der Waals surface area contributed by atoms with E-state index in [1.165, 1.54) is 31.9 Å². The van der Waals surface area contributed by atoms with Gasteiger partial charge in [0.1, 0.15) is 0 Å².